The Morgan fingerprint density at radius 2 is 1.81 bits per heavy atom. The molecule has 136 valence electrons. The first-order valence-electron chi connectivity index (χ1n) is 8.88. The van der Waals surface area contributed by atoms with Gasteiger partial charge in [-0.25, -0.2) is 9.97 Å². The Morgan fingerprint density at radius 3 is 2.63 bits per heavy atom. The molecule has 0 unspecified atom stereocenters. The molecule has 1 amide bonds. The van der Waals surface area contributed by atoms with Gasteiger partial charge in [-0.05, 0) is 36.6 Å². The standard InChI is InChI=1S/C21H20N4O2/c1-27-19-11-5-3-9-17(19)24-21-22-13-16(14-23-21)20(26)25-12-6-8-15-7-2-4-10-18(15)25/h2-5,7,9-11,13-14H,6,8,12H2,1H3,(H,22,23,24). The summed E-state index contributed by atoms with van der Waals surface area (Å²) in [6.45, 7) is 0.705. The van der Waals surface area contributed by atoms with E-state index in [4.69, 9.17) is 4.74 Å². The van der Waals surface area contributed by atoms with Crippen molar-refractivity contribution in [2.45, 2.75) is 12.8 Å². The van der Waals surface area contributed by atoms with Crippen molar-refractivity contribution in [1.82, 2.24) is 9.97 Å². The monoisotopic (exact) mass is 360 g/mol. The number of ether oxygens (including phenoxy) is 1. The fraction of sp³-hybridized carbons (Fsp3) is 0.190. The van der Waals surface area contributed by atoms with E-state index in [0.717, 1.165) is 24.2 Å². The lowest BCUT2D eigenvalue weighted by Gasteiger charge is -2.29. The summed E-state index contributed by atoms with van der Waals surface area (Å²) in [6, 6.07) is 15.6. The van der Waals surface area contributed by atoms with Crippen molar-refractivity contribution in [2.75, 3.05) is 23.9 Å². The number of nitrogens with one attached hydrogen (secondary N) is 1. The summed E-state index contributed by atoms with van der Waals surface area (Å²) >= 11 is 0. The Hall–Kier alpha value is -3.41. The van der Waals surface area contributed by atoms with E-state index in [-0.39, 0.29) is 5.91 Å². The first kappa shape index (κ1) is 17.0. The topological polar surface area (TPSA) is 67.3 Å². The number of carbonyl (C=O) groups excluding carboxylic acids is 1. The second kappa shape index (κ2) is 7.45. The molecule has 4 rings (SSSR count). The summed E-state index contributed by atoms with van der Waals surface area (Å²) in [7, 11) is 1.61. The molecule has 6 nitrogen and oxygen atoms in total. The number of para-hydroxylation sites is 3. The van der Waals surface area contributed by atoms with Crippen molar-refractivity contribution in [2.24, 2.45) is 0 Å². The zero-order valence-corrected chi connectivity index (χ0v) is 15.1. The smallest absolute Gasteiger partial charge is 0.261 e. The highest BCUT2D eigenvalue weighted by molar-refractivity contribution is 6.06. The van der Waals surface area contributed by atoms with Crippen molar-refractivity contribution < 1.29 is 9.53 Å². The van der Waals surface area contributed by atoms with Gasteiger partial charge in [0.1, 0.15) is 5.75 Å². The number of hydrogen-bond donors (Lipinski definition) is 1. The maximum Gasteiger partial charge on any atom is 0.261 e. The zero-order valence-electron chi connectivity index (χ0n) is 15.1. The van der Waals surface area contributed by atoms with Crippen molar-refractivity contribution >= 4 is 23.2 Å². The molecule has 0 saturated heterocycles. The number of fused-ring (bicyclic) bond motifs is 1. The summed E-state index contributed by atoms with van der Waals surface area (Å²) < 4.78 is 5.31. The average Bonchev–Trinajstić information content (AvgIpc) is 2.74. The van der Waals surface area contributed by atoms with E-state index in [9.17, 15) is 4.79 Å². The van der Waals surface area contributed by atoms with Gasteiger partial charge in [0, 0.05) is 24.6 Å². The molecule has 2 heterocycles. The molecule has 3 aromatic rings. The number of rotatable bonds is 4. The molecule has 0 fully saturated rings. The minimum Gasteiger partial charge on any atom is -0.495 e. The van der Waals surface area contributed by atoms with E-state index in [1.807, 2.05) is 47.4 Å². The van der Waals surface area contributed by atoms with Gasteiger partial charge in [-0.15, -0.1) is 0 Å². The van der Waals surface area contributed by atoms with E-state index in [1.54, 1.807) is 19.5 Å². The molecule has 6 heteroatoms. The zero-order chi connectivity index (χ0) is 18.6. The van der Waals surface area contributed by atoms with Crippen molar-refractivity contribution in [3.05, 3.63) is 72.1 Å². The minimum absolute atomic E-state index is 0.0778. The van der Waals surface area contributed by atoms with Gasteiger partial charge in [-0.1, -0.05) is 30.3 Å². The third kappa shape index (κ3) is 3.46. The van der Waals surface area contributed by atoms with Crippen LogP contribution in [-0.4, -0.2) is 29.5 Å². The summed E-state index contributed by atoms with van der Waals surface area (Å²) in [5.74, 6) is 1.03. The van der Waals surface area contributed by atoms with Crippen LogP contribution in [0.1, 0.15) is 22.3 Å². The number of aryl methyl sites for hydroxylation is 1. The lowest BCUT2D eigenvalue weighted by Crippen LogP contribution is -2.35. The highest BCUT2D eigenvalue weighted by Crippen LogP contribution is 2.28. The van der Waals surface area contributed by atoms with Crippen LogP contribution in [-0.2, 0) is 6.42 Å². The van der Waals surface area contributed by atoms with Gasteiger partial charge in [0.2, 0.25) is 5.95 Å². The van der Waals surface area contributed by atoms with Crippen LogP contribution in [0.15, 0.2) is 60.9 Å². The first-order chi connectivity index (χ1) is 13.3. The van der Waals surface area contributed by atoms with Crippen LogP contribution in [0.25, 0.3) is 0 Å². The normalized spacial score (nSPS) is 13.0. The van der Waals surface area contributed by atoms with Gasteiger partial charge in [0.05, 0.1) is 18.4 Å². The number of aromatic nitrogens is 2. The summed E-state index contributed by atoms with van der Waals surface area (Å²) in [5.41, 5.74) is 3.42. The van der Waals surface area contributed by atoms with Crippen molar-refractivity contribution in [3.63, 3.8) is 0 Å². The van der Waals surface area contributed by atoms with Crippen LogP contribution in [0, 0.1) is 0 Å². The van der Waals surface area contributed by atoms with Gasteiger partial charge in [-0.2, -0.15) is 0 Å². The second-order valence-corrected chi connectivity index (χ2v) is 6.31. The number of methoxy groups -OCH3 is 1. The molecule has 0 saturated carbocycles. The molecule has 0 radical (unpaired) electrons. The SMILES string of the molecule is COc1ccccc1Nc1ncc(C(=O)N2CCCc3ccccc32)cn1. The van der Waals surface area contributed by atoms with Crippen LogP contribution >= 0.6 is 0 Å². The minimum atomic E-state index is -0.0778. The van der Waals surface area contributed by atoms with Gasteiger partial charge < -0.3 is 15.0 Å². The van der Waals surface area contributed by atoms with Gasteiger partial charge >= 0.3 is 0 Å². The molecule has 0 bridgehead atoms. The van der Waals surface area contributed by atoms with Crippen LogP contribution in [0.3, 0.4) is 0 Å². The predicted molar refractivity (Wildman–Crippen MR) is 105 cm³/mol. The van der Waals surface area contributed by atoms with Crippen molar-refractivity contribution in [1.29, 1.82) is 0 Å². The molecule has 1 aliphatic heterocycles. The summed E-state index contributed by atoms with van der Waals surface area (Å²) in [4.78, 5) is 23.3. The van der Waals surface area contributed by atoms with Gasteiger partial charge in [0.15, 0.2) is 0 Å². The average molecular weight is 360 g/mol. The Bertz CT molecular complexity index is 956. The Balaban J connectivity index is 1.54. The summed E-state index contributed by atoms with van der Waals surface area (Å²) in [5, 5.41) is 3.11. The van der Waals surface area contributed by atoms with Crippen LogP contribution < -0.4 is 15.0 Å². The Labute approximate surface area is 157 Å². The Kier molecular flexibility index (Phi) is 4.70. The molecule has 1 aliphatic rings. The number of nitrogens with zero attached hydrogens (tertiary/aromatic N) is 3. The van der Waals surface area contributed by atoms with Gasteiger partial charge in [-0.3, -0.25) is 4.79 Å². The van der Waals surface area contributed by atoms with Gasteiger partial charge in [0.25, 0.3) is 5.91 Å². The maximum absolute atomic E-state index is 12.9. The molecule has 0 spiro atoms. The summed E-state index contributed by atoms with van der Waals surface area (Å²) in [6.07, 6.45) is 5.07. The van der Waals surface area contributed by atoms with Crippen LogP contribution in [0.5, 0.6) is 5.75 Å². The first-order valence-corrected chi connectivity index (χ1v) is 8.88. The molecule has 1 N–H and O–H groups in total. The third-order valence-electron chi connectivity index (χ3n) is 4.61. The molecule has 0 atom stereocenters. The highest BCUT2D eigenvalue weighted by Gasteiger charge is 2.23. The van der Waals surface area contributed by atoms with E-state index < -0.39 is 0 Å². The Morgan fingerprint density at radius 1 is 1.07 bits per heavy atom. The van der Waals surface area contributed by atoms with E-state index in [0.29, 0.717) is 23.8 Å². The fourth-order valence-electron chi connectivity index (χ4n) is 3.27. The van der Waals surface area contributed by atoms with E-state index in [1.165, 1.54) is 5.56 Å². The maximum atomic E-state index is 12.9. The quantitative estimate of drug-likeness (QED) is 0.766. The molecular weight excluding hydrogens is 340 g/mol. The van der Waals surface area contributed by atoms with E-state index >= 15 is 0 Å². The molecule has 2 aromatic carbocycles. The lowest BCUT2D eigenvalue weighted by molar-refractivity contribution is 0.0984. The lowest BCUT2D eigenvalue weighted by atomic mass is 10.0. The van der Waals surface area contributed by atoms with E-state index in [2.05, 4.69) is 21.4 Å². The van der Waals surface area contributed by atoms with Crippen LogP contribution in [0.4, 0.5) is 17.3 Å². The van der Waals surface area contributed by atoms with Crippen molar-refractivity contribution in [3.8, 4) is 5.75 Å². The molecule has 1 aromatic heterocycles. The number of benzene rings is 2. The molecule has 0 aliphatic carbocycles. The molecular formula is C21H20N4O2. The predicted octanol–water partition coefficient (Wildman–Crippen LogP) is 3.82. The second-order valence-electron chi connectivity index (χ2n) is 6.31. The number of carbonyl (C=O) groups is 1. The number of anilines is 3. The fourth-order valence-corrected chi connectivity index (χ4v) is 3.27. The number of hydrogen-bond acceptors (Lipinski definition) is 5. The van der Waals surface area contributed by atoms with Crippen LogP contribution in [0.2, 0.25) is 0 Å². The highest BCUT2D eigenvalue weighted by atomic mass is 16.5. The molecule has 27 heavy (non-hydrogen) atoms. The third-order valence-corrected chi connectivity index (χ3v) is 4.61. The largest absolute Gasteiger partial charge is 0.495 e. The number of amides is 1.